The van der Waals surface area contributed by atoms with E-state index in [1.54, 1.807) is 6.26 Å². The molecular weight excluding hydrogens is 242 g/mol. The predicted octanol–water partition coefficient (Wildman–Crippen LogP) is 2.11. The van der Waals surface area contributed by atoms with Gasteiger partial charge in [0.15, 0.2) is 0 Å². The molecule has 0 spiro atoms. The van der Waals surface area contributed by atoms with Crippen LogP contribution in [0.2, 0.25) is 0 Å². The van der Waals surface area contributed by atoms with Crippen molar-refractivity contribution in [1.82, 2.24) is 9.97 Å². The molecule has 19 heavy (non-hydrogen) atoms. The molecule has 102 valence electrons. The minimum absolute atomic E-state index is 0.266. The normalized spacial score (nSPS) is 10.4. The third kappa shape index (κ3) is 3.61. The van der Waals surface area contributed by atoms with E-state index < -0.39 is 0 Å². The fraction of sp³-hybridized carbons (Fsp3) is 0.385. The first-order valence-corrected chi connectivity index (χ1v) is 6.31. The van der Waals surface area contributed by atoms with Gasteiger partial charge in [-0.3, -0.25) is 0 Å². The zero-order valence-corrected chi connectivity index (χ0v) is 11.3. The molecule has 0 unspecified atom stereocenters. The molecule has 0 aliphatic carbocycles. The standard InChI is InChI=1S/C13H19N5O/c1-3-6-15-11-8-12(17-13(14)16-11)18(2)9-10-5-4-7-19-10/h4-5,7-8H,3,6,9H2,1-2H3,(H3,14,15,16,17). The van der Waals surface area contributed by atoms with Crippen molar-refractivity contribution < 1.29 is 4.42 Å². The number of nitrogen functional groups attached to an aromatic ring is 1. The molecule has 3 N–H and O–H groups in total. The fourth-order valence-electron chi connectivity index (χ4n) is 1.71. The molecule has 2 aromatic heterocycles. The van der Waals surface area contributed by atoms with E-state index in [1.165, 1.54) is 0 Å². The van der Waals surface area contributed by atoms with E-state index in [0.29, 0.717) is 6.54 Å². The van der Waals surface area contributed by atoms with E-state index in [9.17, 15) is 0 Å². The molecule has 6 nitrogen and oxygen atoms in total. The first-order chi connectivity index (χ1) is 9.19. The van der Waals surface area contributed by atoms with Crippen LogP contribution in [0, 0.1) is 0 Å². The Bertz CT molecular complexity index is 512. The monoisotopic (exact) mass is 261 g/mol. The van der Waals surface area contributed by atoms with E-state index in [-0.39, 0.29) is 5.95 Å². The van der Waals surface area contributed by atoms with Gasteiger partial charge in [-0.1, -0.05) is 6.92 Å². The van der Waals surface area contributed by atoms with Crippen molar-refractivity contribution in [2.24, 2.45) is 0 Å². The van der Waals surface area contributed by atoms with Crippen LogP contribution in [0.1, 0.15) is 19.1 Å². The lowest BCUT2D eigenvalue weighted by Gasteiger charge is -2.18. The number of nitrogens with two attached hydrogens (primary N) is 1. The summed E-state index contributed by atoms with van der Waals surface area (Å²) >= 11 is 0. The quantitative estimate of drug-likeness (QED) is 0.829. The lowest BCUT2D eigenvalue weighted by atomic mass is 10.4. The van der Waals surface area contributed by atoms with Gasteiger partial charge >= 0.3 is 0 Å². The second-order valence-corrected chi connectivity index (χ2v) is 4.33. The average Bonchev–Trinajstić information content (AvgIpc) is 2.88. The number of hydrogen-bond donors (Lipinski definition) is 2. The van der Waals surface area contributed by atoms with Gasteiger partial charge in [0.25, 0.3) is 0 Å². The second-order valence-electron chi connectivity index (χ2n) is 4.33. The predicted molar refractivity (Wildman–Crippen MR) is 76.0 cm³/mol. The summed E-state index contributed by atoms with van der Waals surface area (Å²) in [4.78, 5) is 10.4. The number of hydrogen-bond acceptors (Lipinski definition) is 6. The molecule has 0 radical (unpaired) electrons. The van der Waals surface area contributed by atoms with Crippen molar-refractivity contribution in [2.45, 2.75) is 19.9 Å². The summed E-state index contributed by atoms with van der Waals surface area (Å²) in [6, 6.07) is 5.68. The van der Waals surface area contributed by atoms with Crippen LogP contribution in [0.3, 0.4) is 0 Å². The largest absolute Gasteiger partial charge is 0.467 e. The molecular formula is C13H19N5O. The Labute approximate surface area is 112 Å². The van der Waals surface area contributed by atoms with E-state index in [0.717, 1.165) is 30.4 Å². The highest BCUT2D eigenvalue weighted by molar-refractivity contribution is 5.52. The Balaban J connectivity index is 2.11. The molecule has 2 heterocycles. The van der Waals surface area contributed by atoms with Crippen molar-refractivity contribution in [2.75, 3.05) is 29.5 Å². The fourth-order valence-corrected chi connectivity index (χ4v) is 1.71. The molecule has 0 saturated heterocycles. The molecule has 2 rings (SSSR count). The van der Waals surface area contributed by atoms with Crippen LogP contribution in [0.5, 0.6) is 0 Å². The molecule has 0 atom stereocenters. The Hall–Kier alpha value is -2.24. The van der Waals surface area contributed by atoms with Crippen LogP contribution in [0.4, 0.5) is 17.6 Å². The molecule has 0 fully saturated rings. The summed E-state index contributed by atoms with van der Waals surface area (Å²) in [6.07, 6.45) is 2.69. The third-order valence-corrected chi connectivity index (χ3v) is 2.65. The topological polar surface area (TPSA) is 80.2 Å². The molecule has 0 aliphatic rings. The molecule has 0 aromatic carbocycles. The zero-order valence-electron chi connectivity index (χ0n) is 11.3. The van der Waals surface area contributed by atoms with Gasteiger partial charge in [0, 0.05) is 19.7 Å². The minimum Gasteiger partial charge on any atom is -0.467 e. The van der Waals surface area contributed by atoms with Crippen LogP contribution in [0.15, 0.2) is 28.9 Å². The number of rotatable bonds is 6. The van der Waals surface area contributed by atoms with Gasteiger partial charge in [0.1, 0.15) is 17.4 Å². The van der Waals surface area contributed by atoms with E-state index in [1.807, 2.05) is 30.1 Å². The van der Waals surface area contributed by atoms with Crippen molar-refractivity contribution >= 4 is 17.6 Å². The highest BCUT2D eigenvalue weighted by atomic mass is 16.3. The number of anilines is 3. The van der Waals surface area contributed by atoms with Crippen LogP contribution >= 0.6 is 0 Å². The molecule has 0 saturated carbocycles. The maximum Gasteiger partial charge on any atom is 0.223 e. The van der Waals surface area contributed by atoms with Gasteiger partial charge in [0.2, 0.25) is 5.95 Å². The van der Waals surface area contributed by atoms with E-state index >= 15 is 0 Å². The maximum absolute atomic E-state index is 5.73. The number of nitrogens with one attached hydrogen (secondary N) is 1. The van der Waals surface area contributed by atoms with Gasteiger partial charge < -0.3 is 20.4 Å². The number of nitrogens with zero attached hydrogens (tertiary/aromatic N) is 3. The number of aromatic nitrogens is 2. The summed E-state index contributed by atoms with van der Waals surface area (Å²) in [7, 11) is 1.94. The molecule has 0 amide bonds. The number of furan rings is 1. The van der Waals surface area contributed by atoms with E-state index in [2.05, 4.69) is 22.2 Å². The maximum atomic E-state index is 5.73. The Morgan fingerprint density at radius 2 is 2.26 bits per heavy atom. The Morgan fingerprint density at radius 3 is 2.95 bits per heavy atom. The second kappa shape index (κ2) is 6.08. The smallest absolute Gasteiger partial charge is 0.223 e. The van der Waals surface area contributed by atoms with Crippen LogP contribution < -0.4 is 16.0 Å². The summed E-state index contributed by atoms with van der Waals surface area (Å²) in [5.41, 5.74) is 5.73. The first kappa shape index (κ1) is 13.2. The minimum atomic E-state index is 0.266. The van der Waals surface area contributed by atoms with Crippen molar-refractivity contribution in [3.8, 4) is 0 Å². The van der Waals surface area contributed by atoms with Gasteiger partial charge in [-0.05, 0) is 18.6 Å². The summed E-state index contributed by atoms with van der Waals surface area (Å²) in [6.45, 7) is 3.59. The van der Waals surface area contributed by atoms with Crippen LogP contribution in [-0.4, -0.2) is 23.6 Å². The van der Waals surface area contributed by atoms with Crippen molar-refractivity contribution in [1.29, 1.82) is 0 Å². The summed E-state index contributed by atoms with van der Waals surface area (Å²) < 4.78 is 5.32. The average molecular weight is 261 g/mol. The van der Waals surface area contributed by atoms with Crippen LogP contribution in [-0.2, 0) is 6.54 Å². The van der Waals surface area contributed by atoms with Crippen LogP contribution in [0.25, 0.3) is 0 Å². The summed E-state index contributed by atoms with van der Waals surface area (Å²) in [5.74, 6) is 2.66. The van der Waals surface area contributed by atoms with Gasteiger partial charge in [0.05, 0.1) is 12.8 Å². The van der Waals surface area contributed by atoms with Crippen molar-refractivity contribution in [3.05, 3.63) is 30.2 Å². The lowest BCUT2D eigenvalue weighted by molar-refractivity contribution is 0.507. The third-order valence-electron chi connectivity index (χ3n) is 2.65. The Morgan fingerprint density at radius 1 is 1.42 bits per heavy atom. The zero-order chi connectivity index (χ0) is 13.7. The Kier molecular flexibility index (Phi) is 4.22. The lowest BCUT2D eigenvalue weighted by Crippen LogP contribution is -2.19. The van der Waals surface area contributed by atoms with Gasteiger partial charge in [-0.2, -0.15) is 9.97 Å². The van der Waals surface area contributed by atoms with Gasteiger partial charge in [-0.15, -0.1) is 0 Å². The highest BCUT2D eigenvalue weighted by Crippen LogP contribution is 2.18. The van der Waals surface area contributed by atoms with E-state index in [4.69, 9.17) is 10.2 Å². The van der Waals surface area contributed by atoms with Crippen molar-refractivity contribution in [3.63, 3.8) is 0 Å². The highest BCUT2D eigenvalue weighted by Gasteiger charge is 2.08. The molecule has 6 heteroatoms. The SMILES string of the molecule is CCCNc1cc(N(C)Cc2ccco2)nc(N)n1. The summed E-state index contributed by atoms with van der Waals surface area (Å²) in [5, 5.41) is 3.21. The molecule has 2 aromatic rings. The van der Waals surface area contributed by atoms with Gasteiger partial charge in [-0.25, -0.2) is 0 Å². The molecule has 0 aliphatic heterocycles. The first-order valence-electron chi connectivity index (χ1n) is 6.31. The molecule has 0 bridgehead atoms.